The van der Waals surface area contributed by atoms with Crippen LogP contribution in [0, 0.1) is 5.41 Å². The summed E-state index contributed by atoms with van der Waals surface area (Å²) in [5, 5.41) is 0. The number of rotatable bonds is 3. The van der Waals surface area contributed by atoms with Gasteiger partial charge < -0.3 is 4.79 Å². The van der Waals surface area contributed by atoms with Crippen LogP contribution in [0.5, 0.6) is 0 Å². The van der Waals surface area contributed by atoms with Gasteiger partial charge in [0.25, 0.3) is 0 Å². The van der Waals surface area contributed by atoms with Crippen LogP contribution in [0.15, 0.2) is 24.3 Å². The minimum Gasteiger partial charge on any atom is -0.303 e. The zero-order valence-electron chi connectivity index (χ0n) is 11.5. The van der Waals surface area contributed by atoms with E-state index in [1.54, 1.807) is 0 Å². The van der Waals surface area contributed by atoms with E-state index in [2.05, 4.69) is 24.3 Å². The molecule has 19 heavy (non-hydrogen) atoms. The lowest BCUT2D eigenvalue weighted by Crippen LogP contribution is -2.44. The molecule has 1 aromatic rings. The Morgan fingerprint density at radius 1 is 0.895 bits per heavy atom. The van der Waals surface area contributed by atoms with E-state index in [0.717, 1.165) is 25.2 Å². The van der Waals surface area contributed by atoms with Crippen LogP contribution >= 0.6 is 0 Å². The van der Waals surface area contributed by atoms with Crippen molar-refractivity contribution in [1.29, 1.82) is 0 Å². The lowest BCUT2D eigenvalue weighted by molar-refractivity contribution is -0.122. The van der Waals surface area contributed by atoms with Gasteiger partial charge in [-0.2, -0.15) is 0 Å². The molecule has 0 aromatic heterocycles. The Hall–Kier alpha value is -1.11. The van der Waals surface area contributed by atoms with Crippen LogP contribution in [0.3, 0.4) is 0 Å². The predicted octanol–water partition coefficient (Wildman–Crippen LogP) is 4.35. The lowest BCUT2D eigenvalue weighted by Gasteiger charge is -2.51. The highest BCUT2D eigenvalue weighted by atomic mass is 16.1. The highest BCUT2D eigenvalue weighted by Crippen LogP contribution is 2.57. The number of carbonyl (C=O) groups excluding carboxylic acids is 1. The second kappa shape index (κ2) is 3.94. The molecule has 5 rings (SSSR count). The Bertz CT molecular complexity index is 470. The largest absolute Gasteiger partial charge is 0.303 e. The summed E-state index contributed by atoms with van der Waals surface area (Å²) in [6, 6.07) is 9.48. The predicted molar refractivity (Wildman–Crippen MR) is 76.3 cm³/mol. The zero-order valence-corrected chi connectivity index (χ0v) is 11.5. The maximum absolute atomic E-state index is 11.3. The van der Waals surface area contributed by atoms with E-state index in [9.17, 15) is 4.79 Å². The van der Waals surface area contributed by atoms with Gasteiger partial charge in [0, 0.05) is 5.41 Å². The molecule has 0 N–H and O–H groups in total. The van der Waals surface area contributed by atoms with E-state index in [-0.39, 0.29) is 5.41 Å². The second-order valence-corrected chi connectivity index (χ2v) is 7.16. The third-order valence-corrected chi connectivity index (χ3v) is 6.13. The standard InChI is InChI=1S/C18H22O/c19-13-17-7-10-18(11-8-17,12-9-17)16-5-3-15(4-6-16)14-1-2-14/h3-6,13-14H,1-2,7-12H2. The van der Waals surface area contributed by atoms with Crippen molar-refractivity contribution in [3.05, 3.63) is 35.4 Å². The fourth-order valence-electron chi connectivity index (χ4n) is 4.35. The summed E-state index contributed by atoms with van der Waals surface area (Å²) in [6.45, 7) is 0. The SMILES string of the molecule is O=CC12CCC(c3ccc(C4CC4)cc3)(CC1)CC2. The molecule has 4 saturated carbocycles. The molecule has 0 spiro atoms. The highest BCUT2D eigenvalue weighted by Gasteiger charge is 2.49. The number of fused-ring (bicyclic) bond motifs is 3. The van der Waals surface area contributed by atoms with Gasteiger partial charge in [-0.25, -0.2) is 0 Å². The van der Waals surface area contributed by atoms with Crippen LogP contribution < -0.4 is 0 Å². The molecular formula is C18H22O. The Labute approximate surface area is 115 Å². The molecule has 1 nitrogen and oxygen atoms in total. The highest BCUT2D eigenvalue weighted by molar-refractivity contribution is 5.60. The zero-order chi connectivity index (χ0) is 12.9. The van der Waals surface area contributed by atoms with E-state index in [1.165, 1.54) is 49.5 Å². The summed E-state index contributed by atoms with van der Waals surface area (Å²) in [5.74, 6) is 0.854. The first-order valence-electron chi connectivity index (χ1n) is 7.82. The first kappa shape index (κ1) is 11.7. The first-order chi connectivity index (χ1) is 9.25. The van der Waals surface area contributed by atoms with Crippen molar-refractivity contribution >= 4 is 6.29 Å². The molecule has 1 aromatic carbocycles. The third-order valence-electron chi connectivity index (χ3n) is 6.13. The Balaban J connectivity index is 1.60. The fraction of sp³-hybridized carbons (Fsp3) is 0.611. The normalized spacial score (nSPS) is 37.3. The summed E-state index contributed by atoms with van der Waals surface area (Å²) in [7, 11) is 0. The van der Waals surface area contributed by atoms with Gasteiger partial charge in [-0.15, -0.1) is 0 Å². The van der Waals surface area contributed by atoms with Crippen LogP contribution in [0.25, 0.3) is 0 Å². The molecule has 4 fully saturated rings. The Morgan fingerprint density at radius 2 is 1.47 bits per heavy atom. The summed E-state index contributed by atoms with van der Waals surface area (Å²) < 4.78 is 0. The first-order valence-corrected chi connectivity index (χ1v) is 7.82. The second-order valence-electron chi connectivity index (χ2n) is 7.16. The topological polar surface area (TPSA) is 17.1 Å². The number of carbonyl (C=O) groups is 1. The molecule has 0 radical (unpaired) electrons. The number of benzene rings is 1. The minimum absolute atomic E-state index is 0.0513. The maximum Gasteiger partial charge on any atom is 0.126 e. The van der Waals surface area contributed by atoms with Gasteiger partial charge in [-0.1, -0.05) is 24.3 Å². The van der Waals surface area contributed by atoms with Gasteiger partial charge in [0.2, 0.25) is 0 Å². The molecule has 0 unspecified atom stereocenters. The maximum atomic E-state index is 11.3. The average molecular weight is 254 g/mol. The number of hydrogen-bond acceptors (Lipinski definition) is 1. The Morgan fingerprint density at radius 3 is 1.95 bits per heavy atom. The van der Waals surface area contributed by atoms with Crippen molar-refractivity contribution < 1.29 is 4.79 Å². The molecule has 100 valence electrons. The lowest BCUT2D eigenvalue weighted by atomic mass is 9.52. The van der Waals surface area contributed by atoms with Crippen LogP contribution in [0.2, 0.25) is 0 Å². The molecular weight excluding hydrogens is 232 g/mol. The van der Waals surface area contributed by atoms with Crippen molar-refractivity contribution in [3.8, 4) is 0 Å². The Kier molecular flexibility index (Phi) is 2.43. The van der Waals surface area contributed by atoms with E-state index in [4.69, 9.17) is 0 Å². The van der Waals surface area contributed by atoms with E-state index >= 15 is 0 Å². The molecule has 0 saturated heterocycles. The van der Waals surface area contributed by atoms with Gasteiger partial charge in [-0.05, 0) is 73.8 Å². The van der Waals surface area contributed by atoms with Crippen LogP contribution in [-0.2, 0) is 10.2 Å². The molecule has 0 heterocycles. The van der Waals surface area contributed by atoms with Crippen LogP contribution in [-0.4, -0.2) is 6.29 Å². The van der Waals surface area contributed by atoms with Crippen LogP contribution in [0.1, 0.15) is 68.4 Å². The van der Waals surface area contributed by atoms with Crippen molar-refractivity contribution in [2.45, 2.75) is 62.7 Å². The third kappa shape index (κ3) is 1.78. The van der Waals surface area contributed by atoms with Crippen molar-refractivity contribution in [2.24, 2.45) is 5.41 Å². The summed E-state index contributed by atoms with van der Waals surface area (Å²) in [4.78, 5) is 11.3. The van der Waals surface area contributed by atoms with Gasteiger partial charge >= 0.3 is 0 Å². The van der Waals surface area contributed by atoms with Crippen LogP contribution in [0.4, 0.5) is 0 Å². The molecule has 0 atom stereocenters. The van der Waals surface area contributed by atoms with Crippen molar-refractivity contribution in [2.75, 3.05) is 0 Å². The average Bonchev–Trinajstić information content (AvgIpc) is 3.34. The van der Waals surface area contributed by atoms with Crippen molar-refractivity contribution in [3.63, 3.8) is 0 Å². The number of hydrogen-bond donors (Lipinski definition) is 0. The monoisotopic (exact) mass is 254 g/mol. The molecule has 0 aliphatic heterocycles. The van der Waals surface area contributed by atoms with E-state index in [0.29, 0.717) is 5.41 Å². The molecule has 2 bridgehead atoms. The number of aldehydes is 1. The van der Waals surface area contributed by atoms with E-state index < -0.39 is 0 Å². The van der Waals surface area contributed by atoms with Gasteiger partial charge in [-0.3, -0.25) is 0 Å². The molecule has 4 aliphatic rings. The molecule has 1 heteroatoms. The molecule has 4 aliphatic carbocycles. The van der Waals surface area contributed by atoms with Gasteiger partial charge in [0.15, 0.2) is 0 Å². The molecule has 0 amide bonds. The van der Waals surface area contributed by atoms with Gasteiger partial charge in [0.1, 0.15) is 6.29 Å². The summed E-state index contributed by atoms with van der Waals surface area (Å²) in [5.41, 5.74) is 3.52. The summed E-state index contributed by atoms with van der Waals surface area (Å²) in [6.07, 6.45) is 11.0. The summed E-state index contributed by atoms with van der Waals surface area (Å²) >= 11 is 0. The van der Waals surface area contributed by atoms with Crippen molar-refractivity contribution in [1.82, 2.24) is 0 Å². The smallest absolute Gasteiger partial charge is 0.126 e. The van der Waals surface area contributed by atoms with Gasteiger partial charge in [0.05, 0.1) is 0 Å². The quantitative estimate of drug-likeness (QED) is 0.733. The fourth-order valence-corrected chi connectivity index (χ4v) is 4.35. The van der Waals surface area contributed by atoms with E-state index in [1.807, 2.05) is 0 Å². The minimum atomic E-state index is 0.0513.